The van der Waals surface area contributed by atoms with Crippen molar-refractivity contribution in [2.45, 2.75) is 6.92 Å². The van der Waals surface area contributed by atoms with Gasteiger partial charge in [-0.05, 0) is 19.1 Å². The quantitative estimate of drug-likeness (QED) is 0.506. The van der Waals surface area contributed by atoms with Crippen molar-refractivity contribution in [1.82, 2.24) is 9.97 Å². The van der Waals surface area contributed by atoms with Crippen molar-refractivity contribution in [3.63, 3.8) is 0 Å². The molecule has 0 aliphatic carbocycles. The van der Waals surface area contributed by atoms with Crippen molar-refractivity contribution in [3.8, 4) is 22.6 Å². The smallest absolute Gasteiger partial charge is 0.162 e. The molecule has 126 valence electrons. The monoisotopic (exact) mass is 337 g/mol. The van der Waals surface area contributed by atoms with Gasteiger partial charge in [0.15, 0.2) is 5.82 Å². The molecule has 0 amide bonds. The van der Waals surface area contributed by atoms with E-state index in [1.165, 1.54) is 5.56 Å². The van der Waals surface area contributed by atoms with Gasteiger partial charge in [0.2, 0.25) is 0 Å². The Morgan fingerprint density at radius 3 is 2.00 bits per heavy atom. The van der Waals surface area contributed by atoms with Gasteiger partial charge in [0.05, 0.1) is 5.69 Å². The lowest BCUT2D eigenvalue weighted by Gasteiger charge is -2.11. The molecule has 0 radical (unpaired) electrons. The van der Waals surface area contributed by atoms with Gasteiger partial charge in [-0.3, -0.25) is 0 Å². The largest absolute Gasteiger partial charge is 0.340 e. The summed E-state index contributed by atoms with van der Waals surface area (Å²) in [6.07, 6.45) is 0. The lowest BCUT2D eigenvalue weighted by atomic mass is 10.1. The number of benzene rings is 3. The second-order valence-electron chi connectivity index (χ2n) is 6.19. The topological polar surface area (TPSA) is 37.8 Å². The van der Waals surface area contributed by atoms with E-state index in [2.05, 4.69) is 48.6 Å². The molecule has 1 heterocycles. The van der Waals surface area contributed by atoms with E-state index in [-0.39, 0.29) is 0 Å². The molecule has 0 unspecified atom stereocenters. The van der Waals surface area contributed by atoms with Gasteiger partial charge >= 0.3 is 0 Å². The van der Waals surface area contributed by atoms with Gasteiger partial charge in [0, 0.05) is 22.9 Å². The van der Waals surface area contributed by atoms with Crippen LogP contribution >= 0.6 is 0 Å². The molecule has 1 N–H and O–H groups in total. The SMILES string of the molecule is Cc1ccc(-c2nc(Nc3ccccc3)cc(-c3ccccc3)n2)cc1. The van der Waals surface area contributed by atoms with Crippen molar-refractivity contribution in [1.29, 1.82) is 0 Å². The van der Waals surface area contributed by atoms with E-state index in [4.69, 9.17) is 9.97 Å². The molecule has 1 aromatic heterocycles. The molecule has 0 saturated carbocycles. The predicted octanol–water partition coefficient (Wildman–Crippen LogP) is 5.86. The number of nitrogens with one attached hydrogen (secondary N) is 1. The molecule has 0 spiro atoms. The minimum absolute atomic E-state index is 0.713. The lowest BCUT2D eigenvalue weighted by molar-refractivity contribution is 1.18. The Balaban J connectivity index is 1.80. The van der Waals surface area contributed by atoms with Crippen LogP contribution < -0.4 is 5.32 Å². The third-order valence-corrected chi connectivity index (χ3v) is 4.15. The third-order valence-electron chi connectivity index (χ3n) is 4.15. The molecule has 0 saturated heterocycles. The highest BCUT2D eigenvalue weighted by Gasteiger charge is 2.09. The zero-order valence-corrected chi connectivity index (χ0v) is 14.6. The fraction of sp³-hybridized carbons (Fsp3) is 0.0435. The Morgan fingerprint density at radius 2 is 1.31 bits per heavy atom. The Labute approximate surface area is 153 Å². The highest BCUT2D eigenvalue weighted by molar-refractivity contribution is 5.69. The molecule has 0 fully saturated rings. The number of para-hydroxylation sites is 1. The first kappa shape index (κ1) is 16.0. The van der Waals surface area contributed by atoms with Crippen LogP contribution in [0.3, 0.4) is 0 Å². The number of nitrogens with zero attached hydrogens (tertiary/aromatic N) is 2. The summed E-state index contributed by atoms with van der Waals surface area (Å²) in [5.41, 5.74) is 5.19. The van der Waals surface area contributed by atoms with Gasteiger partial charge in [0.1, 0.15) is 5.82 Å². The molecule has 4 rings (SSSR count). The van der Waals surface area contributed by atoms with E-state index in [0.29, 0.717) is 5.82 Å². The summed E-state index contributed by atoms with van der Waals surface area (Å²) in [7, 11) is 0. The Bertz CT molecular complexity index is 995. The van der Waals surface area contributed by atoms with E-state index >= 15 is 0 Å². The summed E-state index contributed by atoms with van der Waals surface area (Å²) >= 11 is 0. The summed E-state index contributed by atoms with van der Waals surface area (Å²) in [6, 6.07) is 30.5. The van der Waals surface area contributed by atoms with Crippen LogP contribution in [0.25, 0.3) is 22.6 Å². The van der Waals surface area contributed by atoms with Crippen molar-refractivity contribution in [3.05, 3.63) is 96.6 Å². The van der Waals surface area contributed by atoms with E-state index < -0.39 is 0 Å². The molecule has 3 aromatic carbocycles. The van der Waals surface area contributed by atoms with Gasteiger partial charge in [-0.15, -0.1) is 0 Å². The number of hydrogen-bond donors (Lipinski definition) is 1. The average molecular weight is 337 g/mol. The molecule has 0 bridgehead atoms. The maximum Gasteiger partial charge on any atom is 0.162 e. The molecule has 0 aliphatic heterocycles. The Hall–Kier alpha value is -3.46. The molecule has 4 aromatic rings. The van der Waals surface area contributed by atoms with E-state index in [1.54, 1.807) is 0 Å². The van der Waals surface area contributed by atoms with Crippen LogP contribution in [-0.4, -0.2) is 9.97 Å². The van der Waals surface area contributed by atoms with Gasteiger partial charge in [-0.25, -0.2) is 9.97 Å². The standard InChI is InChI=1S/C23H19N3/c1-17-12-14-19(15-13-17)23-25-21(18-8-4-2-5-9-18)16-22(26-23)24-20-10-6-3-7-11-20/h2-16H,1H3,(H,24,25,26). The number of aromatic nitrogens is 2. The second-order valence-corrected chi connectivity index (χ2v) is 6.19. The first-order chi connectivity index (χ1) is 12.8. The third kappa shape index (κ3) is 3.62. The van der Waals surface area contributed by atoms with Crippen LogP contribution in [0.15, 0.2) is 91.0 Å². The molecule has 3 heteroatoms. The first-order valence-electron chi connectivity index (χ1n) is 8.61. The fourth-order valence-corrected chi connectivity index (χ4v) is 2.77. The minimum atomic E-state index is 0.713. The van der Waals surface area contributed by atoms with Crippen molar-refractivity contribution < 1.29 is 0 Å². The summed E-state index contributed by atoms with van der Waals surface area (Å²) in [4.78, 5) is 9.53. The van der Waals surface area contributed by atoms with Gasteiger partial charge in [0.25, 0.3) is 0 Å². The van der Waals surface area contributed by atoms with E-state index in [1.807, 2.05) is 54.6 Å². The van der Waals surface area contributed by atoms with Crippen molar-refractivity contribution in [2.75, 3.05) is 5.32 Å². The number of rotatable bonds is 4. The van der Waals surface area contributed by atoms with E-state index in [9.17, 15) is 0 Å². The fourth-order valence-electron chi connectivity index (χ4n) is 2.77. The molecule has 0 atom stereocenters. The normalized spacial score (nSPS) is 10.5. The van der Waals surface area contributed by atoms with Crippen LogP contribution in [0.2, 0.25) is 0 Å². The van der Waals surface area contributed by atoms with Crippen LogP contribution in [0.4, 0.5) is 11.5 Å². The maximum atomic E-state index is 4.79. The van der Waals surface area contributed by atoms with Gasteiger partial charge in [-0.2, -0.15) is 0 Å². The zero-order chi connectivity index (χ0) is 17.8. The Kier molecular flexibility index (Phi) is 4.44. The zero-order valence-electron chi connectivity index (χ0n) is 14.6. The average Bonchev–Trinajstić information content (AvgIpc) is 2.70. The maximum absolute atomic E-state index is 4.79. The first-order valence-corrected chi connectivity index (χ1v) is 8.61. The highest BCUT2D eigenvalue weighted by atomic mass is 15.0. The second kappa shape index (κ2) is 7.19. The number of aryl methyl sites for hydroxylation is 1. The Morgan fingerprint density at radius 1 is 0.654 bits per heavy atom. The van der Waals surface area contributed by atoms with E-state index in [0.717, 1.165) is 28.3 Å². The van der Waals surface area contributed by atoms with Crippen LogP contribution in [-0.2, 0) is 0 Å². The molecule has 0 aliphatic rings. The summed E-state index contributed by atoms with van der Waals surface area (Å²) in [6.45, 7) is 2.08. The van der Waals surface area contributed by atoms with Gasteiger partial charge < -0.3 is 5.32 Å². The number of anilines is 2. The summed E-state index contributed by atoms with van der Waals surface area (Å²) in [5, 5.41) is 3.38. The predicted molar refractivity (Wildman–Crippen MR) is 107 cm³/mol. The molecular weight excluding hydrogens is 318 g/mol. The minimum Gasteiger partial charge on any atom is -0.340 e. The number of hydrogen-bond acceptors (Lipinski definition) is 3. The molecule has 26 heavy (non-hydrogen) atoms. The van der Waals surface area contributed by atoms with Gasteiger partial charge in [-0.1, -0.05) is 78.4 Å². The molecular formula is C23H19N3. The van der Waals surface area contributed by atoms with Crippen LogP contribution in [0.1, 0.15) is 5.56 Å². The van der Waals surface area contributed by atoms with Crippen molar-refractivity contribution in [2.24, 2.45) is 0 Å². The summed E-state index contributed by atoms with van der Waals surface area (Å²) < 4.78 is 0. The highest BCUT2D eigenvalue weighted by Crippen LogP contribution is 2.26. The lowest BCUT2D eigenvalue weighted by Crippen LogP contribution is -1.99. The summed E-state index contributed by atoms with van der Waals surface area (Å²) in [5.74, 6) is 1.49. The molecule has 3 nitrogen and oxygen atoms in total. The van der Waals surface area contributed by atoms with Crippen molar-refractivity contribution >= 4 is 11.5 Å². The van der Waals surface area contributed by atoms with Crippen LogP contribution in [0.5, 0.6) is 0 Å². The van der Waals surface area contributed by atoms with Crippen LogP contribution in [0, 0.1) is 6.92 Å².